The molecule has 2 aromatic carbocycles. The summed E-state index contributed by atoms with van der Waals surface area (Å²) in [6, 6.07) is 10.5. The van der Waals surface area contributed by atoms with Crippen LogP contribution in [0, 0.1) is 0 Å². The predicted octanol–water partition coefficient (Wildman–Crippen LogP) is 3.71. The molecule has 0 saturated heterocycles. The Morgan fingerprint density at radius 1 is 1.03 bits per heavy atom. The van der Waals surface area contributed by atoms with Crippen LogP contribution in [0.1, 0.15) is 32.8 Å². The van der Waals surface area contributed by atoms with Crippen LogP contribution in [0.15, 0.2) is 42.7 Å². The number of anilines is 2. The molecule has 1 heterocycles. The maximum absolute atomic E-state index is 12.0. The number of hydrogen-bond donors (Lipinski definition) is 2. The number of hydrogen-bond acceptors (Lipinski definition) is 9. The Bertz CT molecular complexity index is 1210. The predicted molar refractivity (Wildman–Crippen MR) is 147 cm³/mol. The third-order valence-electron chi connectivity index (χ3n) is 6.21. The second-order valence-corrected chi connectivity index (χ2v) is 8.77. The number of carbonyl (C=O) groups is 2. The van der Waals surface area contributed by atoms with Crippen LogP contribution in [-0.2, 0) is 20.7 Å². The van der Waals surface area contributed by atoms with Gasteiger partial charge in [-0.1, -0.05) is 26.0 Å². The fourth-order valence-electron chi connectivity index (χ4n) is 4.12. The minimum absolute atomic E-state index is 0.293. The van der Waals surface area contributed by atoms with E-state index in [1.807, 2.05) is 36.4 Å². The Kier molecular flexibility index (Phi) is 10.7. The highest BCUT2D eigenvalue weighted by atomic mass is 16.5. The zero-order valence-electron chi connectivity index (χ0n) is 22.7. The number of rotatable bonds is 14. The lowest BCUT2D eigenvalue weighted by Gasteiger charge is -2.18. The molecule has 3 aromatic rings. The Balaban J connectivity index is 1.75. The number of amides is 1. The zero-order chi connectivity index (χ0) is 27.5. The first-order valence-electron chi connectivity index (χ1n) is 12.8. The second kappa shape index (κ2) is 14.1. The molecule has 1 atom stereocenters. The summed E-state index contributed by atoms with van der Waals surface area (Å²) >= 11 is 0. The van der Waals surface area contributed by atoms with Crippen molar-refractivity contribution in [3.63, 3.8) is 0 Å². The van der Waals surface area contributed by atoms with Crippen molar-refractivity contribution in [2.45, 2.75) is 39.7 Å². The van der Waals surface area contributed by atoms with Gasteiger partial charge in [-0.05, 0) is 43.3 Å². The second-order valence-electron chi connectivity index (χ2n) is 8.77. The first kappa shape index (κ1) is 28.6. The highest BCUT2D eigenvalue weighted by Crippen LogP contribution is 2.34. The van der Waals surface area contributed by atoms with E-state index in [1.54, 1.807) is 7.11 Å². The highest BCUT2D eigenvalue weighted by molar-refractivity contribution is 5.93. The fourth-order valence-corrected chi connectivity index (χ4v) is 4.12. The molecular formula is C28H37N5O5. The molecule has 0 radical (unpaired) electrons. The number of nitrogens with zero attached hydrogens (tertiary/aromatic N) is 3. The number of esters is 1. The fraction of sp³-hybridized carbons (Fsp3) is 0.429. The van der Waals surface area contributed by atoms with Crippen molar-refractivity contribution in [2.24, 2.45) is 0 Å². The molecule has 0 unspecified atom stereocenters. The molecule has 3 rings (SSSR count). The van der Waals surface area contributed by atoms with E-state index in [-0.39, 0.29) is 5.91 Å². The number of nitrogens with one attached hydrogen (secondary N) is 2. The van der Waals surface area contributed by atoms with E-state index >= 15 is 0 Å². The number of benzene rings is 2. The lowest BCUT2D eigenvalue weighted by Crippen LogP contribution is -2.41. The number of ether oxygens (including phenoxy) is 3. The molecule has 1 amide bonds. The summed E-state index contributed by atoms with van der Waals surface area (Å²) in [6.45, 7) is 9.26. The van der Waals surface area contributed by atoms with E-state index in [9.17, 15) is 9.59 Å². The molecule has 204 valence electrons. The summed E-state index contributed by atoms with van der Waals surface area (Å²) in [4.78, 5) is 34.7. The van der Waals surface area contributed by atoms with Crippen molar-refractivity contribution >= 4 is 34.3 Å². The Hall–Kier alpha value is -3.92. The molecule has 0 spiro atoms. The van der Waals surface area contributed by atoms with Gasteiger partial charge in [-0.3, -0.25) is 4.79 Å². The summed E-state index contributed by atoms with van der Waals surface area (Å²) < 4.78 is 16.4. The van der Waals surface area contributed by atoms with Gasteiger partial charge in [-0.15, -0.1) is 0 Å². The standard InChI is InChI=1S/C28H37N5O5/c1-6-33(7-2)13-8-14-38-26-16-22-23(17-25(26)36-4)29-18-30-27(22)32-21-11-9-20(10-12-21)15-24(28(35)37-5)31-19(3)34/h9-12,16-18,24H,6-8,13-15H2,1-5H3,(H,31,34)(H,29,30,32)/t24-/m0/s1. The monoisotopic (exact) mass is 523 g/mol. The summed E-state index contributed by atoms with van der Waals surface area (Å²) in [5, 5.41) is 6.77. The summed E-state index contributed by atoms with van der Waals surface area (Å²) in [6.07, 6.45) is 2.72. The van der Waals surface area contributed by atoms with E-state index in [0.29, 0.717) is 30.3 Å². The van der Waals surface area contributed by atoms with Crippen LogP contribution >= 0.6 is 0 Å². The van der Waals surface area contributed by atoms with Crippen LogP contribution in [0.3, 0.4) is 0 Å². The summed E-state index contributed by atoms with van der Waals surface area (Å²) in [7, 11) is 2.91. The number of aromatic nitrogens is 2. The molecule has 0 aliphatic heterocycles. The Labute approximate surface area is 223 Å². The Morgan fingerprint density at radius 3 is 2.39 bits per heavy atom. The van der Waals surface area contributed by atoms with E-state index in [4.69, 9.17) is 14.2 Å². The van der Waals surface area contributed by atoms with Gasteiger partial charge in [0, 0.05) is 37.0 Å². The molecule has 10 heteroatoms. The zero-order valence-corrected chi connectivity index (χ0v) is 22.7. The summed E-state index contributed by atoms with van der Waals surface area (Å²) in [5.74, 6) is 1.10. The first-order chi connectivity index (χ1) is 18.4. The molecule has 1 aromatic heterocycles. The molecule has 0 fully saturated rings. The minimum Gasteiger partial charge on any atom is -0.493 e. The van der Waals surface area contributed by atoms with Gasteiger partial charge >= 0.3 is 5.97 Å². The van der Waals surface area contributed by atoms with Gasteiger partial charge < -0.3 is 29.7 Å². The maximum Gasteiger partial charge on any atom is 0.328 e. The molecule has 38 heavy (non-hydrogen) atoms. The van der Waals surface area contributed by atoms with Crippen LogP contribution in [0.25, 0.3) is 10.9 Å². The molecule has 2 N–H and O–H groups in total. The van der Waals surface area contributed by atoms with Crippen LogP contribution in [0.2, 0.25) is 0 Å². The quantitative estimate of drug-likeness (QED) is 0.241. The Morgan fingerprint density at radius 2 is 1.76 bits per heavy atom. The van der Waals surface area contributed by atoms with Gasteiger partial charge in [0.05, 0.1) is 26.3 Å². The largest absolute Gasteiger partial charge is 0.493 e. The molecule has 0 bridgehead atoms. The van der Waals surface area contributed by atoms with Gasteiger partial charge in [0.15, 0.2) is 11.5 Å². The van der Waals surface area contributed by atoms with Crippen LogP contribution in [0.5, 0.6) is 11.5 Å². The van der Waals surface area contributed by atoms with Crippen LogP contribution < -0.4 is 20.1 Å². The topological polar surface area (TPSA) is 115 Å². The number of carbonyl (C=O) groups excluding carboxylic acids is 2. The van der Waals surface area contributed by atoms with Gasteiger partial charge in [-0.25, -0.2) is 14.8 Å². The van der Waals surface area contributed by atoms with E-state index in [2.05, 4.69) is 39.3 Å². The third-order valence-corrected chi connectivity index (χ3v) is 6.21. The van der Waals surface area contributed by atoms with Crippen molar-refractivity contribution in [1.29, 1.82) is 0 Å². The number of methoxy groups -OCH3 is 2. The highest BCUT2D eigenvalue weighted by Gasteiger charge is 2.20. The van der Waals surface area contributed by atoms with Gasteiger partial charge in [0.25, 0.3) is 0 Å². The van der Waals surface area contributed by atoms with Crippen molar-refractivity contribution in [1.82, 2.24) is 20.2 Å². The first-order valence-corrected chi connectivity index (χ1v) is 12.8. The third kappa shape index (κ3) is 7.79. The average Bonchev–Trinajstić information content (AvgIpc) is 2.93. The summed E-state index contributed by atoms with van der Waals surface area (Å²) in [5.41, 5.74) is 2.40. The van der Waals surface area contributed by atoms with Gasteiger partial charge in [0.2, 0.25) is 5.91 Å². The van der Waals surface area contributed by atoms with Crippen LogP contribution in [0.4, 0.5) is 11.5 Å². The molecule has 0 aliphatic carbocycles. The number of fused-ring (bicyclic) bond motifs is 1. The lowest BCUT2D eigenvalue weighted by molar-refractivity contribution is -0.144. The van der Waals surface area contributed by atoms with Crippen LogP contribution in [-0.4, -0.2) is 73.2 Å². The normalized spacial score (nSPS) is 11.7. The van der Waals surface area contributed by atoms with E-state index in [1.165, 1.54) is 20.4 Å². The molecule has 0 saturated carbocycles. The SMILES string of the molecule is CCN(CC)CCCOc1cc2c(Nc3ccc(C[C@H](NC(C)=O)C(=O)OC)cc3)ncnc2cc1OC. The van der Waals surface area contributed by atoms with E-state index in [0.717, 1.165) is 48.2 Å². The molecular weight excluding hydrogens is 486 g/mol. The van der Waals surface area contributed by atoms with Crippen molar-refractivity contribution in [3.8, 4) is 11.5 Å². The van der Waals surface area contributed by atoms with Gasteiger partial charge in [-0.2, -0.15) is 0 Å². The molecule has 10 nitrogen and oxygen atoms in total. The minimum atomic E-state index is -0.748. The smallest absolute Gasteiger partial charge is 0.328 e. The van der Waals surface area contributed by atoms with Crippen molar-refractivity contribution in [3.05, 3.63) is 48.3 Å². The van der Waals surface area contributed by atoms with E-state index < -0.39 is 12.0 Å². The van der Waals surface area contributed by atoms with Crippen molar-refractivity contribution in [2.75, 3.05) is 45.8 Å². The van der Waals surface area contributed by atoms with Crippen molar-refractivity contribution < 1.29 is 23.8 Å². The maximum atomic E-state index is 12.0. The van der Waals surface area contributed by atoms with Gasteiger partial charge in [0.1, 0.15) is 18.2 Å². The lowest BCUT2D eigenvalue weighted by atomic mass is 10.1. The average molecular weight is 524 g/mol. The molecule has 0 aliphatic rings.